The summed E-state index contributed by atoms with van der Waals surface area (Å²) in [5.41, 5.74) is 2.64. The van der Waals surface area contributed by atoms with E-state index in [2.05, 4.69) is 15.3 Å². The molecule has 7 heteroatoms. The molecule has 27 heavy (non-hydrogen) atoms. The minimum Gasteiger partial charge on any atom is -0.300 e. The number of rotatable bonds is 2. The fourth-order valence-corrected chi connectivity index (χ4v) is 3.68. The monoisotopic (exact) mass is 397 g/mol. The normalized spacial score (nSPS) is 17.1. The lowest BCUT2D eigenvalue weighted by atomic mass is 10.1. The Morgan fingerprint density at radius 2 is 2.11 bits per heavy atom. The van der Waals surface area contributed by atoms with Crippen molar-refractivity contribution in [1.82, 2.24) is 10.3 Å². The van der Waals surface area contributed by atoms with E-state index in [-0.39, 0.29) is 10.9 Å². The van der Waals surface area contributed by atoms with Gasteiger partial charge in [-0.1, -0.05) is 23.7 Å². The first-order valence-electron chi connectivity index (χ1n) is 8.09. The Morgan fingerprint density at radius 1 is 1.26 bits per heavy atom. The minimum absolute atomic E-state index is 0.194. The van der Waals surface area contributed by atoms with E-state index in [0.29, 0.717) is 21.3 Å². The van der Waals surface area contributed by atoms with Crippen molar-refractivity contribution in [1.29, 1.82) is 0 Å². The van der Waals surface area contributed by atoms with Gasteiger partial charge in [-0.15, -0.1) is 0 Å². The molecule has 0 unspecified atom stereocenters. The molecule has 2 heterocycles. The Kier molecular flexibility index (Phi) is 4.68. The molecule has 0 radical (unpaired) electrons. The van der Waals surface area contributed by atoms with Crippen molar-refractivity contribution in [2.24, 2.45) is 4.99 Å². The van der Waals surface area contributed by atoms with Gasteiger partial charge in [0.05, 0.1) is 21.1 Å². The summed E-state index contributed by atoms with van der Waals surface area (Å²) < 4.78 is 13.5. The van der Waals surface area contributed by atoms with Crippen LogP contribution in [-0.2, 0) is 4.79 Å². The number of carbonyl (C=O) groups excluding carboxylic acids is 1. The number of hydrogen-bond acceptors (Lipinski definition) is 4. The molecule has 0 bridgehead atoms. The lowest BCUT2D eigenvalue weighted by Crippen LogP contribution is -2.19. The SMILES string of the molecule is Cc1cc(N=C2NC(=O)/C(=C\c3ccc4ncccc4c3)S2)c(Cl)cc1F. The van der Waals surface area contributed by atoms with Crippen molar-refractivity contribution >= 4 is 57.1 Å². The van der Waals surface area contributed by atoms with Crippen LogP contribution in [-0.4, -0.2) is 16.1 Å². The molecule has 2 aromatic carbocycles. The summed E-state index contributed by atoms with van der Waals surface area (Å²) >= 11 is 7.26. The number of aromatic nitrogens is 1. The largest absolute Gasteiger partial charge is 0.300 e. The first-order chi connectivity index (χ1) is 13.0. The Morgan fingerprint density at radius 3 is 2.96 bits per heavy atom. The number of amides is 1. The van der Waals surface area contributed by atoms with Gasteiger partial charge in [-0.2, -0.15) is 0 Å². The van der Waals surface area contributed by atoms with E-state index in [1.54, 1.807) is 25.3 Å². The zero-order valence-corrected chi connectivity index (χ0v) is 15.7. The second-order valence-electron chi connectivity index (χ2n) is 5.99. The van der Waals surface area contributed by atoms with Gasteiger partial charge < -0.3 is 5.32 Å². The maximum absolute atomic E-state index is 13.5. The fraction of sp³-hybridized carbons (Fsp3) is 0.0500. The van der Waals surface area contributed by atoms with Gasteiger partial charge >= 0.3 is 0 Å². The fourth-order valence-electron chi connectivity index (χ4n) is 2.65. The molecular weight excluding hydrogens is 385 g/mol. The number of carbonyl (C=O) groups is 1. The van der Waals surface area contributed by atoms with E-state index in [9.17, 15) is 9.18 Å². The highest BCUT2D eigenvalue weighted by molar-refractivity contribution is 8.18. The number of amidine groups is 1. The summed E-state index contributed by atoms with van der Waals surface area (Å²) in [5, 5.41) is 4.31. The first kappa shape index (κ1) is 17.7. The predicted octanol–water partition coefficient (Wildman–Crippen LogP) is 5.23. The highest BCUT2D eigenvalue weighted by Crippen LogP contribution is 2.32. The number of fused-ring (bicyclic) bond motifs is 1. The third kappa shape index (κ3) is 3.72. The average Bonchev–Trinajstić information content (AvgIpc) is 2.98. The molecule has 0 spiro atoms. The summed E-state index contributed by atoms with van der Waals surface area (Å²) in [7, 11) is 0. The number of nitrogens with zero attached hydrogens (tertiary/aromatic N) is 2. The molecule has 0 aliphatic carbocycles. The third-order valence-corrected chi connectivity index (χ3v) is 5.24. The number of benzene rings is 2. The molecule has 1 amide bonds. The van der Waals surface area contributed by atoms with Gasteiger partial charge in [0.1, 0.15) is 5.82 Å². The predicted molar refractivity (Wildman–Crippen MR) is 109 cm³/mol. The quantitative estimate of drug-likeness (QED) is 0.602. The zero-order valence-electron chi connectivity index (χ0n) is 14.2. The first-order valence-corrected chi connectivity index (χ1v) is 9.29. The molecule has 4 rings (SSSR count). The van der Waals surface area contributed by atoms with E-state index in [1.807, 2.05) is 30.3 Å². The average molecular weight is 398 g/mol. The summed E-state index contributed by atoms with van der Waals surface area (Å²) in [6, 6.07) is 12.4. The van der Waals surface area contributed by atoms with Crippen molar-refractivity contribution in [2.45, 2.75) is 6.92 Å². The van der Waals surface area contributed by atoms with Gasteiger partial charge in [0.25, 0.3) is 5.91 Å². The van der Waals surface area contributed by atoms with Crippen LogP contribution < -0.4 is 5.32 Å². The van der Waals surface area contributed by atoms with Gasteiger partial charge in [-0.3, -0.25) is 9.78 Å². The summed E-state index contributed by atoms with van der Waals surface area (Å²) in [5.74, 6) is -0.626. The second kappa shape index (κ2) is 7.13. The number of halogens is 2. The summed E-state index contributed by atoms with van der Waals surface area (Å²) in [6.45, 7) is 1.63. The number of pyridine rings is 1. The van der Waals surface area contributed by atoms with Crippen LogP contribution in [0.4, 0.5) is 10.1 Å². The lowest BCUT2D eigenvalue weighted by Gasteiger charge is -2.02. The molecule has 1 aromatic heterocycles. The number of aryl methyl sites for hydroxylation is 1. The molecule has 1 fully saturated rings. The van der Waals surface area contributed by atoms with E-state index in [1.165, 1.54) is 17.8 Å². The van der Waals surface area contributed by atoms with E-state index in [0.717, 1.165) is 16.5 Å². The molecule has 0 saturated carbocycles. The smallest absolute Gasteiger partial charge is 0.264 e. The summed E-state index contributed by atoms with van der Waals surface area (Å²) in [6.07, 6.45) is 3.54. The van der Waals surface area contributed by atoms with Gasteiger partial charge in [-0.25, -0.2) is 9.38 Å². The van der Waals surface area contributed by atoms with Gasteiger partial charge in [0, 0.05) is 11.6 Å². The van der Waals surface area contributed by atoms with Crippen molar-refractivity contribution in [3.63, 3.8) is 0 Å². The van der Waals surface area contributed by atoms with Crippen LogP contribution in [0, 0.1) is 12.7 Å². The molecule has 1 aliphatic rings. The third-order valence-electron chi connectivity index (χ3n) is 4.03. The second-order valence-corrected chi connectivity index (χ2v) is 7.43. The van der Waals surface area contributed by atoms with Crippen LogP contribution in [0.1, 0.15) is 11.1 Å². The van der Waals surface area contributed by atoms with E-state index < -0.39 is 5.82 Å². The van der Waals surface area contributed by atoms with Crippen molar-refractivity contribution < 1.29 is 9.18 Å². The minimum atomic E-state index is -0.390. The Hall–Kier alpha value is -2.70. The zero-order chi connectivity index (χ0) is 19.0. The number of hydrogen-bond donors (Lipinski definition) is 1. The van der Waals surface area contributed by atoms with E-state index >= 15 is 0 Å². The van der Waals surface area contributed by atoms with Crippen LogP contribution in [0.25, 0.3) is 17.0 Å². The van der Waals surface area contributed by atoms with Crippen molar-refractivity contribution in [2.75, 3.05) is 0 Å². The van der Waals surface area contributed by atoms with Crippen LogP contribution in [0.15, 0.2) is 58.6 Å². The maximum Gasteiger partial charge on any atom is 0.264 e. The maximum atomic E-state index is 13.5. The molecule has 1 aliphatic heterocycles. The van der Waals surface area contributed by atoms with Crippen molar-refractivity contribution in [3.05, 3.63) is 75.5 Å². The molecule has 1 saturated heterocycles. The van der Waals surface area contributed by atoms with Crippen LogP contribution in [0.3, 0.4) is 0 Å². The Labute approximate surface area is 164 Å². The van der Waals surface area contributed by atoms with Crippen LogP contribution >= 0.6 is 23.4 Å². The molecule has 134 valence electrons. The number of thioether (sulfide) groups is 1. The van der Waals surface area contributed by atoms with Gasteiger partial charge in [0.2, 0.25) is 0 Å². The highest BCUT2D eigenvalue weighted by atomic mass is 35.5. The molecule has 0 atom stereocenters. The Bertz CT molecular complexity index is 1140. The molecular formula is C20H13ClFN3OS. The molecule has 4 nitrogen and oxygen atoms in total. The number of nitrogens with one attached hydrogen (secondary N) is 1. The topological polar surface area (TPSA) is 54.4 Å². The number of aliphatic imine (C=N–C) groups is 1. The summed E-state index contributed by atoms with van der Waals surface area (Å²) in [4.78, 5) is 21.4. The van der Waals surface area contributed by atoms with Crippen LogP contribution in [0.5, 0.6) is 0 Å². The van der Waals surface area contributed by atoms with Crippen molar-refractivity contribution in [3.8, 4) is 0 Å². The highest BCUT2D eigenvalue weighted by Gasteiger charge is 2.24. The van der Waals surface area contributed by atoms with Crippen LogP contribution in [0.2, 0.25) is 5.02 Å². The van der Waals surface area contributed by atoms with E-state index in [4.69, 9.17) is 11.6 Å². The lowest BCUT2D eigenvalue weighted by molar-refractivity contribution is -0.115. The molecule has 1 N–H and O–H groups in total. The molecule has 3 aromatic rings. The Balaban J connectivity index is 1.63. The van der Waals surface area contributed by atoms with Gasteiger partial charge in [-0.05, 0) is 66.2 Å². The van der Waals surface area contributed by atoms with Gasteiger partial charge in [0.15, 0.2) is 5.17 Å². The standard InChI is InChI=1S/C20H13ClFN3OS/c1-11-7-17(14(21)10-15(11)22)24-20-25-19(26)18(27-20)9-12-4-5-16-13(8-12)3-2-6-23-16/h2-10H,1H3,(H,24,25,26)/b18-9+.